The van der Waals surface area contributed by atoms with Gasteiger partial charge in [-0.15, -0.1) is 0 Å². The normalized spacial score (nSPS) is 11.3. The standard InChI is InChI=1S/C27H25NO5/c1-27(2,26(30)31)28-25(29)23-14-12-19-8-5-6-10-22(19)24(23)33-16-15-32-21-13-11-18-7-3-4-9-20(18)17-21/h3-14,17H,15-16H2,1-2H3,(H,28,29)(H,30,31). The van der Waals surface area contributed by atoms with Crippen LogP contribution in [-0.4, -0.2) is 35.7 Å². The lowest BCUT2D eigenvalue weighted by atomic mass is 10.0. The first kappa shape index (κ1) is 22.1. The van der Waals surface area contributed by atoms with Gasteiger partial charge in [0.05, 0.1) is 5.56 Å². The summed E-state index contributed by atoms with van der Waals surface area (Å²) in [5, 5.41) is 15.8. The Hall–Kier alpha value is -4.06. The van der Waals surface area contributed by atoms with E-state index in [1.54, 1.807) is 6.07 Å². The molecular weight excluding hydrogens is 418 g/mol. The topological polar surface area (TPSA) is 84.9 Å². The Morgan fingerprint density at radius 3 is 2.21 bits per heavy atom. The van der Waals surface area contributed by atoms with E-state index in [0.717, 1.165) is 27.3 Å². The van der Waals surface area contributed by atoms with Gasteiger partial charge in [-0.25, -0.2) is 4.79 Å². The van der Waals surface area contributed by atoms with Crippen LogP contribution in [0.5, 0.6) is 11.5 Å². The third-order valence-corrected chi connectivity index (χ3v) is 5.40. The van der Waals surface area contributed by atoms with Crippen molar-refractivity contribution in [2.24, 2.45) is 0 Å². The number of hydrogen-bond donors (Lipinski definition) is 2. The number of ether oxygens (including phenoxy) is 2. The Morgan fingerprint density at radius 1 is 0.818 bits per heavy atom. The van der Waals surface area contributed by atoms with Gasteiger partial charge in [0.1, 0.15) is 30.3 Å². The Kier molecular flexibility index (Phi) is 6.18. The molecule has 0 bridgehead atoms. The molecular formula is C27H25NO5. The number of hydrogen-bond acceptors (Lipinski definition) is 4. The van der Waals surface area contributed by atoms with Gasteiger partial charge in [0, 0.05) is 5.39 Å². The van der Waals surface area contributed by atoms with E-state index in [9.17, 15) is 14.7 Å². The summed E-state index contributed by atoms with van der Waals surface area (Å²) >= 11 is 0. The summed E-state index contributed by atoms with van der Waals surface area (Å²) in [4.78, 5) is 24.4. The van der Waals surface area contributed by atoms with Gasteiger partial charge < -0.3 is 19.9 Å². The molecule has 0 atom stereocenters. The third kappa shape index (κ3) is 4.90. The summed E-state index contributed by atoms with van der Waals surface area (Å²) in [6.45, 7) is 3.37. The molecule has 2 N–H and O–H groups in total. The van der Waals surface area contributed by atoms with Crippen molar-refractivity contribution in [1.82, 2.24) is 5.32 Å². The van der Waals surface area contributed by atoms with Crippen molar-refractivity contribution in [2.75, 3.05) is 13.2 Å². The van der Waals surface area contributed by atoms with Gasteiger partial charge in [0.15, 0.2) is 0 Å². The predicted octanol–water partition coefficient (Wildman–Crippen LogP) is 5.04. The largest absolute Gasteiger partial charge is 0.490 e. The molecule has 0 spiro atoms. The van der Waals surface area contributed by atoms with Crippen LogP contribution >= 0.6 is 0 Å². The van der Waals surface area contributed by atoms with Crippen LogP contribution in [0, 0.1) is 0 Å². The molecule has 0 aromatic heterocycles. The van der Waals surface area contributed by atoms with E-state index in [4.69, 9.17) is 9.47 Å². The van der Waals surface area contributed by atoms with Crippen molar-refractivity contribution in [3.63, 3.8) is 0 Å². The van der Waals surface area contributed by atoms with Gasteiger partial charge in [-0.1, -0.05) is 60.7 Å². The Balaban J connectivity index is 1.52. The highest BCUT2D eigenvalue weighted by atomic mass is 16.5. The molecule has 0 unspecified atom stereocenters. The summed E-state index contributed by atoms with van der Waals surface area (Å²) in [5.74, 6) is -0.508. The number of benzene rings is 4. The molecule has 0 heterocycles. The second kappa shape index (κ2) is 9.20. The monoisotopic (exact) mass is 443 g/mol. The van der Waals surface area contributed by atoms with Crippen LogP contribution in [0.4, 0.5) is 0 Å². The average Bonchev–Trinajstić information content (AvgIpc) is 2.81. The number of fused-ring (bicyclic) bond motifs is 2. The quantitative estimate of drug-likeness (QED) is 0.373. The fourth-order valence-corrected chi connectivity index (χ4v) is 3.54. The third-order valence-electron chi connectivity index (χ3n) is 5.40. The van der Waals surface area contributed by atoms with Crippen LogP contribution in [0.2, 0.25) is 0 Å². The second-order valence-corrected chi connectivity index (χ2v) is 8.25. The number of carbonyl (C=O) groups is 2. The molecule has 6 heteroatoms. The van der Waals surface area contributed by atoms with Crippen LogP contribution in [0.25, 0.3) is 21.5 Å². The Bertz CT molecular complexity index is 1330. The zero-order valence-electron chi connectivity index (χ0n) is 18.5. The molecule has 0 saturated carbocycles. The minimum Gasteiger partial charge on any atom is -0.490 e. The lowest BCUT2D eigenvalue weighted by Crippen LogP contribution is -2.49. The van der Waals surface area contributed by atoms with Crippen molar-refractivity contribution in [3.05, 3.63) is 84.4 Å². The summed E-state index contributed by atoms with van der Waals surface area (Å²) < 4.78 is 11.9. The van der Waals surface area contributed by atoms with Crippen LogP contribution < -0.4 is 14.8 Å². The number of aliphatic carboxylic acids is 1. The highest BCUT2D eigenvalue weighted by molar-refractivity contribution is 6.05. The second-order valence-electron chi connectivity index (χ2n) is 8.25. The summed E-state index contributed by atoms with van der Waals surface area (Å²) in [6.07, 6.45) is 0. The van der Waals surface area contributed by atoms with Crippen molar-refractivity contribution in [1.29, 1.82) is 0 Å². The number of amides is 1. The molecule has 4 rings (SSSR count). The van der Waals surface area contributed by atoms with Gasteiger partial charge in [-0.2, -0.15) is 0 Å². The minimum atomic E-state index is -1.42. The molecule has 168 valence electrons. The van der Waals surface area contributed by atoms with E-state index in [1.807, 2.05) is 72.8 Å². The number of carboxylic acid groups (broad SMARTS) is 1. The SMILES string of the molecule is CC(C)(NC(=O)c1ccc2ccccc2c1OCCOc1ccc2ccccc2c1)C(=O)O. The fraction of sp³-hybridized carbons (Fsp3) is 0.185. The first-order valence-corrected chi connectivity index (χ1v) is 10.7. The van der Waals surface area contributed by atoms with Crippen LogP contribution in [0.1, 0.15) is 24.2 Å². The van der Waals surface area contributed by atoms with Crippen molar-refractivity contribution >= 4 is 33.4 Å². The maximum Gasteiger partial charge on any atom is 0.328 e. The molecule has 4 aromatic rings. The zero-order valence-corrected chi connectivity index (χ0v) is 18.5. The van der Waals surface area contributed by atoms with Crippen LogP contribution in [-0.2, 0) is 4.79 Å². The Morgan fingerprint density at radius 2 is 1.45 bits per heavy atom. The van der Waals surface area contributed by atoms with Gasteiger partial charge >= 0.3 is 5.97 Å². The van der Waals surface area contributed by atoms with Gasteiger partial charge in [-0.05, 0) is 48.2 Å². The maximum atomic E-state index is 12.9. The lowest BCUT2D eigenvalue weighted by molar-refractivity contribution is -0.143. The first-order chi connectivity index (χ1) is 15.8. The van der Waals surface area contributed by atoms with Crippen LogP contribution in [0.15, 0.2) is 78.9 Å². The molecule has 0 aliphatic carbocycles. The summed E-state index contributed by atoms with van der Waals surface area (Å²) in [5.41, 5.74) is -1.15. The molecule has 6 nitrogen and oxygen atoms in total. The van der Waals surface area contributed by atoms with Gasteiger partial charge in [-0.3, -0.25) is 4.79 Å². The fourth-order valence-electron chi connectivity index (χ4n) is 3.54. The smallest absolute Gasteiger partial charge is 0.328 e. The molecule has 4 aromatic carbocycles. The molecule has 0 saturated heterocycles. The predicted molar refractivity (Wildman–Crippen MR) is 128 cm³/mol. The van der Waals surface area contributed by atoms with Gasteiger partial charge in [0.25, 0.3) is 5.91 Å². The van der Waals surface area contributed by atoms with E-state index in [0.29, 0.717) is 5.75 Å². The van der Waals surface area contributed by atoms with E-state index in [1.165, 1.54) is 13.8 Å². The summed E-state index contributed by atoms with van der Waals surface area (Å²) in [7, 11) is 0. The molecule has 0 fully saturated rings. The minimum absolute atomic E-state index is 0.212. The van der Waals surface area contributed by atoms with Crippen molar-refractivity contribution in [2.45, 2.75) is 19.4 Å². The average molecular weight is 443 g/mol. The molecule has 1 amide bonds. The van der Waals surface area contributed by atoms with Crippen LogP contribution in [0.3, 0.4) is 0 Å². The van der Waals surface area contributed by atoms with Crippen molar-refractivity contribution in [3.8, 4) is 11.5 Å². The maximum absolute atomic E-state index is 12.9. The lowest BCUT2D eigenvalue weighted by Gasteiger charge is -2.22. The molecule has 0 radical (unpaired) electrons. The first-order valence-electron chi connectivity index (χ1n) is 10.7. The molecule has 0 aliphatic heterocycles. The highest BCUT2D eigenvalue weighted by Crippen LogP contribution is 2.30. The molecule has 33 heavy (non-hydrogen) atoms. The van der Waals surface area contributed by atoms with E-state index < -0.39 is 17.4 Å². The molecule has 0 aliphatic rings. The number of nitrogens with one attached hydrogen (secondary N) is 1. The van der Waals surface area contributed by atoms with E-state index in [2.05, 4.69) is 5.32 Å². The number of carboxylic acids is 1. The van der Waals surface area contributed by atoms with Crippen molar-refractivity contribution < 1.29 is 24.2 Å². The zero-order chi connectivity index (χ0) is 23.4. The number of carbonyl (C=O) groups excluding carboxylic acids is 1. The number of rotatable bonds is 8. The highest BCUT2D eigenvalue weighted by Gasteiger charge is 2.30. The summed E-state index contributed by atoms with van der Waals surface area (Å²) in [6, 6.07) is 25.0. The van der Waals surface area contributed by atoms with Gasteiger partial charge in [0.2, 0.25) is 0 Å². The van der Waals surface area contributed by atoms with E-state index >= 15 is 0 Å². The van der Waals surface area contributed by atoms with E-state index in [-0.39, 0.29) is 18.8 Å². The Labute approximate surface area is 191 Å².